The maximum atomic E-state index is 11.4. The van der Waals surface area contributed by atoms with E-state index in [1.165, 1.54) is 29.9 Å². The summed E-state index contributed by atoms with van der Waals surface area (Å²) < 4.78 is 1.41. The van der Waals surface area contributed by atoms with Crippen LogP contribution in [0, 0.1) is 0 Å². The molecule has 1 heterocycles. The number of aromatic nitrogens is 2. The van der Waals surface area contributed by atoms with Crippen molar-refractivity contribution in [3.63, 3.8) is 0 Å². The van der Waals surface area contributed by atoms with Crippen LogP contribution in [-0.4, -0.2) is 33.8 Å². The smallest absolute Gasteiger partial charge is 0.337 e. The Morgan fingerprint density at radius 1 is 1.37 bits per heavy atom. The van der Waals surface area contributed by atoms with Gasteiger partial charge in [-0.2, -0.15) is 5.10 Å². The summed E-state index contributed by atoms with van der Waals surface area (Å²) in [6.45, 7) is 0. The van der Waals surface area contributed by atoms with E-state index >= 15 is 0 Å². The molecule has 0 atom stereocenters. The maximum absolute atomic E-state index is 11.4. The van der Waals surface area contributed by atoms with Crippen LogP contribution in [0.1, 0.15) is 20.8 Å². The summed E-state index contributed by atoms with van der Waals surface area (Å²) in [5.41, 5.74) is 6.50. The highest BCUT2D eigenvalue weighted by atomic mass is 16.4. The van der Waals surface area contributed by atoms with Crippen molar-refractivity contribution in [2.75, 3.05) is 12.8 Å². The first-order valence-corrected chi connectivity index (χ1v) is 5.44. The van der Waals surface area contributed by atoms with Crippen LogP contribution in [0.3, 0.4) is 0 Å². The number of hydrogen-bond donors (Lipinski definition) is 3. The number of rotatable bonds is 3. The Morgan fingerprint density at radius 2 is 2.11 bits per heavy atom. The summed E-state index contributed by atoms with van der Waals surface area (Å²) in [6, 6.07) is 6.05. The minimum absolute atomic E-state index is 0.00510. The van der Waals surface area contributed by atoms with Gasteiger partial charge in [0.15, 0.2) is 5.69 Å². The fourth-order valence-electron chi connectivity index (χ4n) is 1.59. The highest BCUT2D eigenvalue weighted by Gasteiger charge is 2.12. The molecular formula is C12H12N4O3. The number of nitrogen functional groups attached to an aromatic ring is 1. The van der Waals surface area contributed by atoms with Crippen LogP contribution in [0.2, 0.25) is 0 Å². The number of carbonyl (C=O) groups excluding carboxylic acids is 1. The van der Waals surface area contributed by atoms with Crippen LogP contribution in [0.5, 0.6) is 0 Å². The molecule has 0 radical (unpaired) electrons. The number of carbonyl (C=O) groups is 2. The second-order valence-corrected chi connectivity index (χ2v) is 3.80. The van der Waals surface area contributed by atoms with Crippen LogP contribution in [-0.2, 0) is 0 Å². The summed E-state index contributed by atoms with van der Waals surface area (Å²) in [5, 5.41) is 15.5. The van der Waals surface area contributed by atoms with Crippen LogP contribution in [0.15, 0.2) is 30.5 Å². The zero-order valence-corrected chi connectivity index (χ0v) is 10.1. The first-order valence-electron chi connectivity index (χ1n) is 5.44. The molecule has 2 rings (SSSR count). The number of nitrogens with one attached hydrogen (secondary N) is 1. The molecule has 0 bridgehead atoms. The lowest BCUT2D eigenvalue weighted by Crippen LogP contribution is -2.18. The van der Waals surface area contributed by atoms with Gasteiger partial charge in [-0.1, -0.05) is 0 Å². The van der Waals surface area contributed by atoms with Gasteiger partial charge in [0.25, 0.3) is 5.91 Å². The van der Waals surface area contributed by atoms with Crippen molar-refractivity contribution in [3.05, 3.63) is 41.7 Å². The Kier molecular flexibility index (Phi) is 3.19. The summed E-state index contributed by atoms with van der Waals surface area (Å²) in [5.74, 6) is -1.43. The summed E-state index contributed by atoms with van der Waals surface area (Å²) in [7, 11) is 1.51. The van der Waals surface area contributed by atoms with Gasteiger partial charge < -0.3 is 16.2 Å². The molecule has 7 heteroatoms. The molecule has 4 N–H and O–H groups in total. The number of aromatic carboxylic acids is 1. The minimum Gasteiger partial charge on any atom is -0.478 e. The Morgan fingerprint density at radius 3 is 2.74 bits per heavy atom. The molecule has 98 valence electrons. The van der Waals surface area contributed by atoms with E-state index in [9.17, 15) is 9.59 Å². The third kappa shape index (κ3) is 2.39. The number of amides is 1. The van der Waals surface area contributed by atoms with E-state index in [0.717, 1.165) is 0 Å². The molecule has 0 saturated heterocycles. The van der Waals surface area contributed by atoms with Gasteiger partial charge in [0.1, 0.15) is 0 Å². The van der Waals surface area contributed by atoms with Gasteiger partial charge in [-0.05, 0) is 24.3 Å². The molecule has 2 aromatic rings. The molecule has 19 heavy (non-hydrogen) atoms. The highest BCUT2D eigenvalue weighted by molar-refractivity contribution is 5.94. The zero-order chi connectivity index (χ0) is 14.0. The molecule has 0 fully saturated rings. The average molecular weight is 260 g/mol. The van der Waals surface area contributed by atoms with Gasteiger partial charge in [0.2, 0.25) is 0 Å². The molecule has 1 amide bonds. The fourth-order valence-corrected chi connectivity index (χ4v) is 1.59. The first kappa shape index (κ1) is 12.6. The predicted molar refractivity (Wildman–Crippen MR) is 68.3 cm³/mol. The van der Waals surface area contributed by atoms with Crippen molar-refractivity contribution in [3.8, 4) is 5.69 Å². The lowest BCUT2D eigenvalue weighted by molar-refractivity contribution is 0.0697. The Labute approximate surface area is 108 Å². The van der Waals surface area contributed by atoms with E-state index in [1.807, 2.05) is 0 Å². The van der Waals surface area contributed by atoms with Crippen molar-refractivity contribution >= 4 is 17.6 Å². The standard InChI is InChI=1S/C12H12N4O3/c1-14-11(17)10-4-5-16(15-10)7-2-3-9(13)8(6-7)12(18)19/h2-6H,13H2,1H3,(H,14,17)(H,18,19). The predicted octanol–water partition coefficient (Wildman–Crippen LogP) is 0.512. The number of hydrogen-bond acceptors (Lipinski definition) is 4. The summed E-state index contributed by atoms with van der Waals surface area (Å²) in [4.78, 5) is 22.4. The lowest BCUT2D eigenvalue weighted by Gasteiger charge is -2.05. The summed E-state index contributed by atoms with van der Waals surface area (Å²) >= 11 is 0. The molecule has 0 aliphatic heterocycles. The van der Waals surface area contributed by atoms with Gasteiger partial charge in [-0.15, -0.1) is 0 Å². The molecule has 1 aromatic heterocycles. The topological polar surface area (TPSA) is 110 Å². The second kappa shape index (κ2) is 4.81. The quantitative estimate of drug-likeness (QED) is 0.696. The van der Waals surface area contributed by atoms with E-state index in [1.54, 1.807) is 12.3 Å². The largest absolute Gasteiger partial charge is 0.478 e. The van der Waals surface area contributed by atoms with Gasteiger partial charge >= 0.3 is 5.97 Å². The number of carboxylic acids is 1. The monoisotopic (exact) mass is 260 g/mol. The fraction of sp³-hybridized carbons (Fsp3) is 0.0833. The molecule has 1 aromatic carbocycles. The van der Waals surface area contributed by atoms with Gasteiger partial charge in [0.05, 0.1) is 11.3 Å². The molecular weight excluding hydrogens is 248 g/mol. The molecule has 0 unspecified atom stereocenters. The minimum atomic E-state index is -1.11. The summed E-state index contributed by atoms with van der Waals surface area (Å²) in [6.07, 6.45) is 1.57. The Hall–Kier alpha value is -2.83. The maximum Gasteiger partial charge on any atom is 0.337 e. The van der Waals surface area contributed by atoms with Crippen LogP contribution >= 0.6 is 0 Å². The third-order valence-electron chi connectivity index (χ3n) is 2.58. The van der Waals surface area contributed by atoms with E-state index in [2.05, 4.69) is 10.4 Å². The molecule has 0 spiro atoms. The van der Waals surface area contributed by atoms with Crippen molar-refractivity contribution in [2.45, 2.75) is 0 Å². The SMILES string of the molecule is CNC(=O)c1ccn(-c2ccc(N)c(C(=O)O)c2)n1. The molecule has 0 aliphatic rings. The molecule has 7 nitrogen and oxygen atoms in total. The third-order valence-corrected chi connectivity index (χ3v) is 2.58. The van der Waals surface area contributed by atoms with E-state index < -0.39 is 5.97 Å². The van der Waals surface area contributed by atoms with Crippen molar-refractivity contribution in [1.29, 1.82) is 0 Å². The Balaban J connectivity index is 2.42. The van der Waals surface area contributed by atoms with Crippen LogP contribution < -0.4 is 11.1 Å². The first-order chi connectivity index (χ1) is 9.02. The van der Waals surface area contributed by atoms with Gasteiger partial charge in [-0.25, -0.2) is 9.48 Å². The molecule has 0 aliphatic carbocycles. The number of nitrogens with two attached hydrogens (primary N) is 1. The van der Waals surface area contributed by atoms with Crippen molar-refractivity contribution in [1.82, 2.24) is 15.1 Å². The number of carboxylic acid groups (broad SMARTS) is 1. The van der Waals surface area contributed by atoms with E-state index in [-0.39, 0.29) is 22.9 Å². The number of anilines is 1. The van der Waals surface area contributed by atoms with Crippen LogP contribution in [0.4, 0.5) is 5.69 Å². The van der Waals surface area contributed by atoms with Gasteiger partial charge in [-0.3, -0.25) is 4.79 Å². The second-order valence-electron chi connectivity index (χ2n) is 3.80. The molecule has 0 saturated carbocycles. The van der Waals surface area contributed by atoms with Crippen LogP contribution in [0.25, 0.3) is 5.69 Å². The van der Waals surface area contributed by atoms with Gasteiger partial charge in [0, 0.05) is 18.9 Å². The zero-order valence-electron chi connectivity index (χ0n) is 10.1. The Bertz CT molecular complexity index is 648. The van der Waals surface area contributed by atoms with E-state index in [4.69, 9.17) is 10.8 Å². The number of benzene rings is 1. The average Bonchev–Trinajstić information content (AvgIpc) is 2.87. The normalized spacial score (nSPS) is 10.2. The lowest BCUT2D eigenvalue weighted by atomic mass is 10.1. The number of nitrogens with zero attached hydrogens (tertiary/aromatic N) is 2. The van der Waals surface area contributed by atoms with E-state index in [0.29, 0.717) is 5.69 Å². The van der Waals surface area contributed by atoms with Crippen molar-refractivity contribution in [2.24, 2.45) is 0 Å². The highest BCUT2D eigenvalue weighted by Crippen LogP contribution is 2.17. The van der Waals surface area contributed by atoms with Crippen molar-refractivity contribution < 1.29 is 14.7 Å².